The minimum absolute atomic E-state index is 0. The number of aliphatic imine (C=N–C) groups is 1. The molecule has 3 aromatic rings. The number of para-hydroxylation sites is 1. The molecule has 1 atom stereocenters. The Kier molecular flexibility index (Phi) is 8.15. The molecular formula is C22H27IN4O2S. The summed E-state index contributed by atoms with van der Waals surface area (Å²) in [6, 6.07) is 12.2. The van der Waals surface area contributed by atoms with Crippen LogP contribution in [-0.4, -0.2) is 24.1 Å². The summed E-state index contributed by atoms with van der Waals surface area (Å²) in [4.78, 5) is 10.7. The largest absolute Gasteiger partial charge is 0.493 e. The second kappa shape index (κ2) is 10.8. The van der Waals surface area contributed by atoms with E-state index in [9.17, 15) is 0 Å². The van der Waals surface area contributed by atoms with E-state index in [1.807, 2.05) is 37.3 Å². The first-order valence-electron chi connectivity index (χ1n) is 9.91. The Bertz CT molecular complexity index is 952. The summed E-state index contributed by atoms with van der Waals surface area (Å²) in [7, 11) is 0. The number of guanidine groups is 1. The monoisotopic (exact) mass is 538 g/mol. The van der Waals surface area contributed by atoms with E-state index < -0.39 is 0 Å². The molecule has 0 amide bonds. The lowest BCUT2D eigenvalue weighted by molar-refractivity contribution is 0.261. The SMILES string of the molecule is Cc1nc(CN=C(NCCc2ccco2)NC2CCOc3ccccc32)sc1C.I. The summed E-state index contributed by atoms with van der Waals surface area (Å²) in [5, 5.41) is 8.06. The van der Waals surface area contributed by atoms with Gasteiger partial charge in [0.15, 0.2) is 5.96 Å². The fraction of sp³-hybridized carbons (Fsp3) is 0.364. The number of halogens is 1. The molecule has 0 radical (unpaired) electrons. The molecule has 0 saturated carbocycles. The molecule has 0 fully saturated rings. The molecule has 3 heterocycles. The fourth-order valence-electron chi connectivity index (χ4n) is 3.32. The van der Waals surface area contributed by atoms with E-state index >= 15 is 0 Å². The van der Waals surface area contributed by atoms with Gasteiger partial charge in [0.05, 0.1) is 31.2 Å². The van der Waals surface area contributed by atoms with Gasteiger partial charge in [-0.05, 0) is 32.0 Å². The van der Waals surface area contributed by atoms with Crippen LogP contribution in [0, 0.1) is 13.8 Å². The lowest BCUT2D eigenvalue weighted by atomic mass is 10.0. The van der Waals surface area contributed by atoms with Crippen LogP contribution in [0.3, 0.4) is 0 Å². The molecule has 2 aromatic heterocycles. The number of furan rings is 1. The number of aryl methyl sites for hydroxylation is 2. The molecule has 2 N–H and O–H groups in total. The van der Waals surface area contributed by atoms with Gasteiger partial charge in [-0.15, -0.1) is 35.3 Å². The van der Waals surface area contributed by atoms with Crippen molar-refractivity contribution in [2.45, 2.75) is 39.3 Å². The molecule has 0 bridgehead atoms. The summed E-state index contributed by atoms with van der Waals surface area (Å²) >= 11 is 1.70. The van der Waals surface area contributed by atoms with Crippen LogP contribution in [0.2, 0.25) is 0 Å². The lowest BCUT2D eigenvalue weighted by Gasteiger charge is -2.28. The molecule has 0 spiro atoms. The number of nitrogens with one attached hydrogen (secondary N) is 2. The smallest absolute Gasteiger partial charge is 0.192 e. The van der Waals surface area contributed by atoms with Crippen molar-refractivity contribution in [2.24, 2.45) is 4.99 Å². The zero-order chi connectivity index (χ0) is 20.1. The highest BCUT2D eigenvalue weighted by Gasteiger charge is 2.22. The van der Waals surface area contributed by atoms with Gasteiger partial charge in [-0.1, -0.05) is 18.2 Å². The van der Waals surface area contributed by atoms with Crippen molar-refractivity contribution in [3.63, 3.8) is 0 Å². The number of fused-ring (bicyclic) bond motifs is 1. The van der Waals surface area contributed by atoms with Gasteiger partial charge in [0.1, 0.15) is 16.5 Å². The van der Waals surface area contributed by atoms with Crippen molar-refractivity contribution in [1.29, 1.82) is 0 Å². The first kappa shape index (κ1) is 22.6. The molecule has 6 nitrogen and oxygen atoms in total. The topological polar surface area (TPSA) is 71.7 Å². The van der Waals surface area contributed by atoms with Gasteiger partial charge >= 0.3 is 0 Å². The van der Waals surface area contributed by atoms with Gasteiger partial charge < -0.3 is 19.8 Å². The number of hydrogen-bond acceptors (Lipinski definition) is 5. The predicted molar refractivity (Wildman–Crippen MR) is 131 cm³/mol. The molecule has 1 unspecified atom stereocenters. The minimum Gasteiger partial charge on any atom is -0.493 e. The second-order valence-corrected chi connectivity index (χ2v) is 8.33. The van der Waals surface area contributed by atoms with Crippen LogP contribution < -0.4 is 15.4 Å². The molecule has 1 aliphatic heterocycles. The number of hydrogen-bond donors (Lipinski definition) is 2. The van der Waals surface area contributed by atoms with E-state index in [0.29, 0.717) is 13.2 Å². The number of aromatic nitrogens is 1. The van der Waals surface area contributed by atoms with Crippen molar-refractivity contribution in [2.75, 3.05) is 13.2 Å². The molecule has 1 aliphatic rings. The molecule has 30 heavy (non-hydrogen) atoms. The molecule has 8 heteroatoms. The molecule has 0 aliphatic carbocycles. The first-order chi connectivity index (χ1) is 14.2. The quantitative estimate of drug-likeness (QED) is 0.269. The second-order valence-electron chi connectivity index (χ2n) is 7.04. The van der Waals surface area contributed by atoms with Crippen molar-refractivity contribution in [3.05, 3.63) is 69.6 Å². The molecule has 160 valence electrons. The van der Waals surface area contributed by atoms with Crippen LogP contribution in [-0.2, 0) is 13.0 Å². The van der Waals surface area contributed by atoms with E-state index in [1.165, 1.54) is 10.4 Å². The number of thiazole rings is 1. The van der Waals surface area contributed by atoms with Crippen LogP contribution in [0.15, 0.2) is 52.1 Å². The summed E-state index contributed by atoms with van der Waals surface area (Å²) in [5.41, 5.74) is 2.25. The van der Waals surface area contributed by atoms with E-state index in [4.69, 9.17) is 14.1 Å². The van der Waals surface area contributed by atoms with Crippen molar-refractivity contribution in [1.82, 2.24) is 15.6 Å². The maximum atomic E-state index is 5.79. The average Bonchev–Trinajstić information content (AvgIpc) is 3.36. The zero-order valence-electron chi connectivity index (χ0n) is 17.2. The third kappa shape index (κ3) is 5.75. The molecule has 4 rings (SSSR count). The lowest BCUT2D eigenvalue weighted by Crippen LogP contribution is -2.41. The Morgan fingerprint density at radius 1 is 1.23 bits per heavy atom. The summed E-state index contributed by atoms with van der Waals surface area (Å²) in [6.07, 6.45) is 3.40. The van der Waals surface area contributed by atoms with Crippen LogP contribution in [0.25, 0.3) is 0 Å². The van der Waals surface area contributed by atoms with Crippen LogP contribution >= 0.6 is 35.3 Å². The van der Waals surface area contributed by atoms with Crippen LogP contribution in [0.4, 0.5) is 0 Å². The Balaban J connectivity index is 0.00000256. The maximum absolute atomic E-state index is 5.79. The minimum atomic E-state index is 0. The average molecular weight is 538 g/mol. The Morgan fingerprint density at radius 2 is 2.10 bits per heavy atom. The number of rotatable bonds is 6. The Morgan fingerprint density at radius 3 is 2.87 bits per heavy atom. The normalized spacial score (nSPS) is 15.7. The maximum Gasteiger partial charge on any atom is 0.192 e. The van der Waals surface area contributed by atoms with Gasteiger partial charge in [0, 0.05) is 29.8 Å². The Labute approximate surface area is 198 Å². The van der Waals surface area contributed by atoms with Gasteiger partial charge in [-0.2, -0.15) is 0 Å². The molecule has 1 aromatic carbocycles. The van der Waals surface area contributed by atoms with Crippen molar-refractivity contribution >= 4 is 41.3 Å². The van der Waals surface area contributed by atoms with Gasteiger partial charge in [0.2, 0.25) is 0 Å². The summed E-state index contributed by atoms with van der Waals surface area (Å²) < 4.78 is 11.2. The summed E-state index contributed by atoms with van der Waals surface area (Å²) in [5.74, 6) is 2.68. The van der Waals surface area contributed by atoms with Gasteiger partial charge in [-0.3, -0.25) is 0 Å². The Hall–Kier alpha value is -2.07. The zero-order valence-corrected chi connectivity index (χ0v) is 20.3. The third-order valence-electron chi connectivity index (χ3n) is 4.96. The van der Waals surface area contributed by atoms with Crippen molar-refractivity contribution in [3.8, 4) is 5.75 Å². The summed E-state index contributed by atoms with van der Waals surface area (Å²) in [6.45, 7) is 6.12. The number of nitrogens with zero attached hydrogens (tertiary/aromatic N) is 2. The van der Waals surface area contributed by atoms with E-state index in [1.54, 1.807) is 17.6 Å². The van der Waals surface area contributed by atoms with Crippen LogP contribution in [0.1, 0.15) is 39.4 Å². The third-order valence-corrected chi connectivity index (χ3v) is 6.02. The van der Waals surface area contributed by atoms with E-state index in [2.05, 4.69) is 28.6 Å². The highest BCUT2D eigenvalue weighted by atomic mass is 127. The fourth-order valence-corrected chi connectivity index (χ4v) is 4.18. The highest BCUT2D eigenvalue weighted by molar-refractivity contribution is 14.0. The first-order valence-corrected chi connectivity index (χ1v) is 10.7. The van der Waals surface area contributed by atoms with Gasteiger partial charge in [-0.25, -0.2) is 9.98 Å². The van der Waals surface area contributed by atoms with Crippen LogP contribution in [0.5, 0.6) is 5.75 Å². The van der Waals surface area contributed by atoms with E-state index in [0.717, 1.165) is 47.6 Å². The molecule has 0 saturated heterocycles. The molecular weight excluding hydrogens is 511 g/mol. The standard InChI is InChI=1S/C22H26N4O2S.HI/c1-15-16(2)29-21(25-15)14-24-22(23-11-9-17-6-5-12-27-17)26-19-10-13-28-20-8-4-3-7-18(19)20;/h3-8,12,19H,9-11,13-14H2,1-2H3,(H2,23,24,26);1H. The van der Waals surface area contributed by atoms with Crippen molar-refractivity contribution < 1.29 is 9.15 Å². The predicted octanol–water partition coefficient (Wildman–Crippen LogP) is 4.77. The number of ether oxygens (including phenoxy) is 1. The van der Waals surface area contributed by atoms with Gasteiger partial charge in [0.25, 0.3) is 0 Å². The van der Waals surface area contributed by atoms with E-state index in [-0.39, 0.29) is 30.0 Å². The highest BCUT2D eigenvalue weighted by Crippen LogP contribution is 2.31. The number of benzene rings is 1.